The van der Waals surface area contributed by atoms with Crippen molar-refractivity contribution in [3.8, 4) is 11.8 Å². The Labute approximate surface area is 112 Å². The van der Waals surface area contributed by atoms with Crippen molar-refractivity contribution in [3.63, 3.8) is 0 Å². The van der Waals surface area contributed by atoms with Crippen LogP contribution in [-0.4, -0.2) is 23.5 Å². The topological polar surface area (TPSA) is 57.6 Å². The number of para-hydroxylation sites is 1. The first-order valence-electron chi connectivity index (χ1n) is 6.18. The molecule has 2 rings (SSSR count). The average Bonchev–Trinajstić information content (AvgIpc) is 2.36. The molecular weight excluding hydrogens is 242 g/mol. The van der Waals surface area contributed by atoms with E-state index in [1.54, 1.807) is 24.3 Å². The van der Waals surface area contributed by atoms with Crippen LogP contribution >= 0.6 is 0 Å². The molecule has 1 saturated heterocycles. The molecule has 1 aromatic carbocycles. The van der Waals surface area contributed by atoms with Crippen LogP contribution in [0.15, 0.2) is 24.3 Å². The first-order chi connectivity index (χ1) is 9.13. The van der Waals surface area contributed by atoms with E-state index in [2.05, 4.69) is 11.8 Å². The van der Waals surface area contributed by atoms with Crippen molar-refractivity contribution in [3.05, 3.63) is 29.8 Å². The third-order valence-electron chi connectivity index (χ3n) is 2.99. The van der Waals surface area contributed by atoms with Crippen LogP contribution < -0.4 is 4.90 Å². The fourth-order valence-corrected chi connectivity index (χ4v) is 2.17. The molecule has 0 unspecified atom stereocenters. The van der Waals surface area contributed by atoms with Crippen LogP contribution in [0, 0.1) is 17.8 Å². The van der Waals surface area contributed by atoms with E-state index in [9.17, 15) is 9.59 Å². The molecule has 1 N–H and O–H groups in total. The van der Waals surface area contributed by atoms with Crippen molar-refractivity contribution in [1.29, 1.82) is 0 Å². The van der Waals surface area contributed by atoms with E-state index in [0.29, 0.717) is 24.1 Å². The Morgan fingerprint density at radius 3 is 2.53 bits per heavy atom. The minimum atomic E-state index is -0.257. The Balaban J connectivity index is 2.41. The van der Waals surface area contributed by atoms with E-state index in [-0.39, 0.29) is 24.3 Å². The van der Waals surface area contributed by atoms with Gasteiger partial charge in [0.05, 0.1) is 5.69 Å². The molecule has 1 aliphatic heterocycles. The number of anilines is 1. The maximum Gasteiger partial charge on any atom is 0.234 e. The summed E-state index contributed by atoms with van der Waals surface area (Å²) in [6.45, 7) is 1.64. The Hall–Kier alpha value is -2.12. The molecule has 1 fully saturated rings. The minimum Gasteiger partial charge on any atom is -0.384 e. The fraction of sp³-hybridized carbons (Fsp3) is 0.333. The normalized spacial score (nSPS) is 16.2. The summed E-state index contributed by atoms with van der Waals surface area (Å²) in [5.74, 6) is 5.01. The van der Waals surface area contributed by atoms with Crippen LogP contribution in [0.1, 0.15) is 25.3 Å². The molecule has 1 aromatic rings. The molecule has 98 valence electrons. The number of rotatable bonds is 1. The van der Waals surface area contributed by atoms with Crippen molar-refractivity contribution in [2.45, 2.75) is 19.8 Å². The summed E-state index contributed by atoms with van der Waals surface area (Å²) in [6.07, 6.45) is 0.737. The van der Waals surface area contributed by atoms with Crippen LogP contribution in [-0.2, 0) is 9.59 Å². The smallest absolute Gasteiger partial charge is 0.234 e. The van der Waals surface area contributed by atoms with Gasteiger partial charge in [-0.25, -0.2) is 4.90 Å². The average molecular weight is 257 g/mol. The highest BCUT2D eigenvalue weighted by molar-refractivity contribution is 6.17. The zero-order valence-corrected chi connectivity index (χ0v) is 10.7. The van der Waals surface area contributed by atoms with Gasteiger partial charge in [0.2, 0.25) is 11.8 Å². The van der Waals surface area contributed by atoms with Gasteiger partial charge in [0.25, 0.3) is 0 Å². The van der Waals surface area contributed by atoms with Gasteiger partial charge < -0.3 is 5.11 Å². The van der Waals surface area contributed by atoms with Crippen molar-refractivity contribution in [1.82, 2.24) is 0 Å². The number of benzene rings is 1. The SMILES string of the molecule is CC1CC(=O)N(c2ccccc2C#CCO)C(=O)C1. The van der Waals surface area contributed by atoms with Crippen molar-refractivity contribution in [2.24, 2.45) is 5.92 Å². The van der Waals surface area contributed by atoms with E-state index in [0.717, 1.165) is 0 Å². The number of hydrogen-bond donors (Lipinski definition) is 1. The first kappa shape index (κ1) is 13.3. The highest BCUT2D eigenvalue weighted by atomic mass is 16.2. The lowest BCUT2D eigenvalue weighted by atomic mass is 9.96. The summed E-state index contributed by atoms with van der Waals surface area (Å²) in [5, 5.41) is 8.75. The Morgan fingerprint density at radius 2 is 1.89 bits per heavy atom. The van der Waals surface area contributed by atoms with Crippen LogP contribution in [0.25, 0.3) is 0 Å². The molecule has 19 heavy (non-hydrogen) atoms. The van der Waals surface area contributed by atoms with E-state index >= 15 is 0 Å². The molecule has 0 saturated carbocycles. The second-order valence-corrected chi connectivity index (χ2v) is 4.61. The van der Waals surface area contributed by atoms with Gasteiger partial charge in [0, 0.05) is 18.4 Å². The number of aliphatic hydroxyl groups excluding tert-OH is 1. The molecular formula is C15H15NO3. The third-order valence-corrected chi connectivity index (χ3v) is 2.99. The van der Waals surface area contributed by atoms with E-state index in [4.69, 9.17) is 5.11 Å². The quantitative estimate of drug-likeness (QED) is 0.610. The molecule has 4 heteroatoms. The lowest BCUT2D eigenvalue weighted by Crippen LogP contribution is -2.43. The molecule has 1 heterocycles. The lowest BCUT2D eigenvalue weighted by molar-refractivity contribution is -0.130. The van der Waals surface area contributed by atoms with E-state index in [1.807, 2.05) is 6.92 Å². The summed E-state index contributed by atoms with van der Waals surface area (Å²) >= 11 is 0. The van der Waals surface area contributed by atoms with Crippen molar-refractivity contribution < 1.29 is 14.7 Å². The van der Waals surface area contributed by atoms with Crippen molar-refractivity contribution in [2.75, 3.05) is 11.5 Å². The number of piperidine rings is 1. The predicted molar refractivity (Wildman–Crippen MR) is 71.3 cm³/mol. The molecule has 0 aliphatic carbocycles. The summed E-state index contributed by atoms with van der Waals surface area (Å²) in [7, 11) is 0. The molecule has 4 nitrogen and oxygen atoms in total. The standard InChI is InChI=1S/C15H15NO3/c1-11-9-14(18)16(15(19)10-11)13-7-3-2-5-12(13)6-4-8-17/h2-3,5,7,11,17H,8-10H2,1H3. The van der Waals surface area contributed by atoms with Gasteiger partial charge in [0.1, 0.15) is 6.61 Å². The highest BCUT2D eigenvalue weighted by Crippen LogP contribution is 2.27. The molecule has 0 atom stereocenters. The van der Waals surface area contributed by atoms with E-state index in [1.165, 1.54) is 4.90 Å². The number of aliphatic hydroxyl groups is 1. The molecule has 0 aromatic heterocycles. The van der Waals surface area contributed by atoms with Gasteiger partial charge in [-0.2, -0.15) is 0 Å². The van der Waals surface area contributed by atoms with Gasteiger partial charge in [0.15, 0.2) is 0 Å². The molecule has 0 radical (unpaired) electrons. The first-order valence-corrected chi connectivity index (χ1v) is 6.18. The second kappa shape index (κ2) is 5.68. The maximum atomic E-state index is 12.0. The van der Waals surface area contributed by atoms with Crippen LogP contribution in [0.5, 0.6) is 0 Å². The fourth-order valence-electron chi connectivity index (χ4n) is 2.17. The van der Waals surface area contributed by atoms with Gasteiger partial charge in [-0.15, -0.1) is 0 Å². The van der Waals surface area contributed by atoms with Gasteiger partial charge >= 0.3 is 0 Å². The summed E-state index contributed by atoms with van der Waals surface area (Å²) in [4.78, 5) is 25.3. The largest absolute Gasteiger partial charge is 0.384 e. The number of carbonyl (C=O) groups is 2. The Morgan fingerprint density at radius 1 is 1.26 bits per heavy atom. The van der Waals surface area contributed by atoms with E-state index < -0.39 is 0 Å². The summed E-state index contributed by atoms with van der Waals surface area (Å²) in [5.41, 5.74) is 1.08. The van der Waals surface area contributed by atoms with Crippen molar-refractivity contribution >= 4 is 17.5 Å². The second-order valence-electron chi connectivity index (χ2n) is 4.61. The van der Waals surface area contributed by atoms with Crippen LogP contribution in [0.2, 0.25) is 0 Å². The lowest BCUT2D eigenvalue weighted by Gasteiger charge is -2.28. The van der Waals surface area contributed by atoms with Crippen LogP contribution in [0.3, 0.4) is 0 Å². The van der Waals surface area contributed by atoms with Gasteiger partial charge in [-0.3, -0.25) is 9.59 Å². The Bertz CT molecular complexity index is 550. The molecule has 2 amide bonds. The highest BCUT2D eigenvalue weighted by Gasteiger charge is 2.32. The Kier molecular flexibility index (Phi) is 3.98. The number of nitrogens with zero attached hydrogens (tertiary/aromatic N) is 1. The zero-order valence-electron chi connectivity index (χ0n) is 10.7. The molecule has 0 bridgehead atoms. The number of carbonyl (C=O) groups excluding carboxylic acids is 2. The maximum absolute atomic E-state index is 12.0. The molecule has 1 aliphatic rings. The predicted octanol–water partition coefficient (Wildman–Crippen LogP) is 1.32. The van der Waals surface area contributed by atoms with Gasteiger partial charge in [-0.1, -0.05) is 30.9 Å². The minimum absolute atomic E-state index is 0.0898. The molecule has 0 spiro atoms. The van der Waals surface area contributed by atoms with Crippen LogP contribution in [0.4, 0.5) is 5.69 Å². The monoisotopic (exact) mass is 257 g/mol. The number of imide groups is 1. The summed E-state index contributed by atoms with van der Waals surface area (Å²) < 4.78 is 0. The zero-order chi connectivity index (χ0) is 13.8. The number of amides is 2. The summed E-state index contributed by atoms with van der Waals surface area (Å²) in [6, 6.07) is 6.98. The number of hydrogen-bond acceptors (Lipinski definition) is 3. The third kappa shape index (κ3) is 2.83. The van der Waals surface area contributed by atoms with Gasteiger partial charge in [-0.05, 0) is 18.1 Å².